The fourth-order valence-corrected chi connectivity index (χ4v) is 3.91. The molecule has 170 valence electrons. The first kappa shape index (κ1) is 23.1. The highest BCUT2D eigenvalue weighted by molar-refractivity contribution is 5.78. The molecule has 2 aliphatic rings. The van der Waals surface area contributed by atoms with Crippen LogP contribution in [0.4, 0.5) is 5.69 Å². The molecule has 2 N–H and O–H groups in total. The van der Waals surface area contributed by atoms with Crippen molar-refractivity contribution in [3.05, 3.63) is 29.3 Å². The summed E-state index contributed by atoms with van der Waals surface area (Å²) in [5, 5.41) is 13.1. The van der Waals surface area contributed by atoms with Crippen molar-refractivity contribution in [3.8, 4) is 5.75 Å². The van der Waals surface area contributed by atoms with E-state index in [-0.39, 0.29) is 36.6 Å². The van der Waals surface area contributed by atoms with Crippen LogP contribution in [-0.2, 0) is 19.1 Å². The largest absolute Gasteiger partial charge is 0.483 e. The van der Waals surface area contributed by atoms with Crippen molar-refractivity contribution in [1.82, 2.24) is 0 Å². The summed E-state index contributed by atoms with van der Waals surface area (Å²) in [7, 11) is 0. The number of hydrogen-bond donors (Lipinski definition) is 2. The van der Waals surface area contributed by atoms with Crippen LogP contribution in [0.2, 0.25) is 0 Å². The predicted octanol–water partition coefficient (Wildman–Crippen LogP) is 4.20. The Morgan fingerprint density at radius 2 is 1.71 bits per heavy atom. The Kier molecular flexibility index (Phi) is 6.65. The number of aliphatic hydroxyl groups is 1. The van der Waals surface area contributed by atoms with Crippen molar-refractivity contribution in [2.75, 3.05) is 5.32 Å². The quantitative estimate of drug-likeness (QED) is 0.652. The molecule has 0 radical (unpaired) electrons. The molecule has 0 bridgehead atoms. The molecule has 0 spiro atoms. The monoisotopic (exact) mass is 431 g/mol. The lowest BCUT2D eigenvalue weighted by Crippen LogP contribution is -2.52. The van der Waals surface area contributed by atoms with Crippen molar-refractivity contribution in [2.45, 2.75) is 78.4 Å². The van der Waals surface area contributed by atoms with E-state index in [0.717, 1.165) is 5.56 Å². The molecule has 3 rings (SSSR count). The minimum atomic E-state index is -0.931. The summed E-state index contributed by atoms with van der Waals surface area (Å²) in [5.74, 6) is 0.0245. The summed E-state index contributed by atoms with van der Waals surface area (Å²) in [5.41, 5.74) is 1.07. The van der Waals surface area contributed by atoms with E-state index in [2.05, 4.69) is 5.32 Å². The summed E-state index contributed by atoms with van der Waals surface area (Å²) in [6, 6.07) is 3.69. The second-order valence-corrected chi connectivity index (χ2v) is 9.61. The van der Waals surface area contributed by atoms with E-state index in [1.165, 1.54) is 0 Å². The van der Waals surface area contributed by atoms with Crippen molar-refractivity contribution in [1.29, 1.82) is 0 Å². The van der Waals surface area contributed by atoms with Crippen molar-refractivity contribution in [3.63, 3.8) is 0 Å². The fraction of sp³-hybridized carbons (Fsp3) is 0.583. The maximum atomic E-state index is 12.7. The van der Waals surface area contributed by atoms with Crippen LogP contribution in [0.3, 0.4) is 0 Å². The number of rotatable bonds is 6. The highest BCUT2D eigenvalue weighted by Crippen LogP contribution is 2.49. The summed E-state index contributed by atoms with van der Waals surface area (Å²) in [6.07, 6.45) is 1.30. The van der Waals surface area contributed by atoms with Gasteiger partial charge in [-0.2, -0.15) is 0 Å². The van der Waals surface area contributed by atoms with Gasteiger partial charge in [-0.25, -0.2) is 0 Å². The molecule has 2 aliphatic heterocycles. The van der Waals surface area contributed by atoms with Crippen molar-refractivity contribution < 1.29 is 28.9 Å². The molecule has 0 aromatic heterocycles. The van der Waals surface area contributed by atoms with Crippen LogP contribution in [0.15, 0.2) is 18.2 Å². The summed E-state index contributed by atoms with van der Waals surface area (Å²) in [6.45, 7) is 11.4. The molecule has 7 nitrogen and oxygen atoms in total. The number of carbonyl (C=O) groups is 2. The van der Waals surface area contributed by atoms with Gasteiger partial charge in [-0.15, -0.1) is 0 Å². The van der Waals surface area contributed by atoms with Crippen molar-refractivity contribution >= 4 is 23.7 Å². The van der Waals surface area contributed by atoms with E-state index < -0.39 is 24.0 Å². The molecule has 2 heterocycles. The number of esters is 2. The maximum Gasteiger partial charge on any atom is 0.306 e. The molecule has 0 saturated heterocycles. The molecule has 1 aromatic carbocycles. The molecule has 31 heavy (non-hydrogen) atoms. The summed E-state index contributed by atoms with van der Waals surface area (Å²) < 4.78 is 18.0. The topological polar surface area (TPSA) is 94.1 Å². The first-order valence-electron chi connectivity index (χ1n) is 10.9. The molecular weight excluding hydrogens is 398 g/mol. The Balaban J connectivity index is 2.07. The van der Waals surface area contributed by atoms with Gasteiger partial charge in [0.2, 0.25) is 0 Å². The van der Waals surface area contributed by atoms with E-state index in [1.807, 2.05) is 53.7 Å². The van der Waals surface area contributed by atoms with Crippen LogP contribution in [0.5, 0.6) is 5.75 Å². The van der Waals surface area contributed by atoms with Crippen LogP contribution in [0.25, 0.3) is 6.08 Å². The second-order valence-electron chi connectivity index (χ2n) is 9.61. The van der Waals surface area contributed by atoms with Gasteiger partial charge >= 0.3 is 11.9 Å². The van der Waals surface area contributed by atoms with Gasteiger partial charge in [-0.3, -0.25) is 9.59 Å². The number of anilines is 1. The fourth-order valence-electron chi connectivity index (χ4n) is 3.91. The smallest absolute Gasteiger partial charge is 0.306 e. The molecular formula is C24H33NO6. The highest BCUT2D eigenvalue weighted by Gasteiger charge is 2.50. The van der Waals surface area contributed by atoms with Gasteiger partial charge in [0.15, 0.2) is 12.2 Å². The highest BCUT2D eigenvalue weighted by atomic mass is 16.6. The number of aliphatic hydroxyl groups excluding tert-OH is 1. The van der Waals surface area contributed by atoms with E-state index in [0.29, 0.717) is 17.0 Å². The summed E-state index contributed by atoms with van der Waals surface area (Å²) in [4.78, 5) is 25.3. The molecule has 0 fully saturated rings. The van der Waals surface area contributed by atoms with Gasteiger partial charge in [0.05, 0.1) is 11.3 Å². The molecule has 3 atom stereocenters. The molecule has 1 aromatic rings. The lowest BCUT2D eigenvalue weighted by molar-refractivity contribution is -0.191. The minimum absolute atomic E-state index is 0.120. The Morgan fingerprint density at radius 3 is 2.32 bits per heavy atom. The van der Waals surface area contributed by atoms with Gasteiger partial charge in [-0.05, 0) is 49.5 Å². The van der Waals surface area contributed by atoms with E-state index in [4.69, 9.17) is 14.2 Å². The second kappa shape index (κ2) is 8.91. The van der Waals surface area contributed by atoms with Crippen LogP contribution < -0.4 is 10.1 Å². The lowest BCUT2D eigenvalue weighted by atomic mass is 9.85. The maximum absolute atomic E-state index is 12.7. The van der Waals surface area contributed by atoms with Gasteiger partial charge in [0.1, 0.15) is 17.6 Å². The normalized spacial score (nSPS) is 23.5. The Hall–Kier alpha value is -2.54. The van der Waals surface area contributed by atoms with E-state index in [1.54, 1.807) is 12.2 Å². The van der Waals surface area contributed by atoms with E-state index >= 15 is 0 Å². The average Bonchev–Trinajstić information content (AvgIpc) is 2.62. The molecule has 0 aliphatic carbocycles. The standard InChI is InChI=1S/C24H33NO6/c1-13(2)11-18(27)29-22-20-16(9-7-15-8-10-17(26)25-21(15)20)31-24(5,6)23(22)30-19(28)12-14(3)4/h7-10,13-14,17,22-23,25-26H,11-12H2,1-6H3. The SMILES string of the molecule is CC(C)CC(=O)OC1c2c(ccc3c2NC(O)C=C3)OC(C)(C)C1OC(=O)CC(C)C. The van der Waals surface area contributed by atoms with Crippen molar-refractivity contribution in [2.24, 2.45) is 11.8 Å². The lowest BCUT2D eigenvalue weighted by Gasteiger charge is -2.44. The molecule has 7 heteroatoms. The van der Waals surface area contributed by atoms with Gasteiger partial charge in [0.25, 0.3) is 0 Å². The van der Waals surface area contributed by atoms with E-state index in [9.17, 15) is 14.7 Å². The number of ether oxygens (including phenoxy) is 3. The average molecular weight is 432 g/mol. The van der Waals surface area contributed by atoms with Crippen LogP contribution in [-0.4, -0.2) is 35.0 Å². The molecule has 3 unspecified atom stereocenters. The minimum Gasteiger partial charge on any atom is -0.483 e. The van der Waals surface area contributed by atoms with Crippen LogP contribution >= 0.6 is 0 Å². The number of benzene rings is 1. The Bertz CT molecular complexity index is 873. The third-order valence-electron chi connectivity index (χ3n) is 5.27. The first-order chi connectivity index (χ1) is 14.5. The number of carbonyl (C=O) groups excluding carboxylic acids is 2. The first-order valence-corrected chi connectivity index (χ1v) is 10.9. The number of hydrogen-bond acceptors (Lipinski definition) is 7. The zero-order chi connectivity index (χ0) is 22.9. The summed E-state index contributed by atoms with van der Waals surface area (Å²) >= 11 is 0. The zero-order valence-electron chi connectivity index (χ0n) is 19.1. The third kappa shape index (κ3) is 5.21. The van der Waals surface area contributed by atoms with Gasteiger partial charge in [0, 0.05) is 12.8 Å². The van der Waals surface area contributed by atoms with Crippen LogP contribution in [0.1, 0.15) is 71.6 Å². The Morgan fingerprint density at radius 1 is 1.10 bits per heavy atom. The zero-order valence-corrected chi connectivity index (χ0v) is 19.1. The number of nitrogens with one attached hydrogen (secondary N) is 1. The molecule has 0 saturated carbocycles. The van der Waals surface area contributed by atoms with Gasteiger partial charge in [-0.1, -0.05) is 33.8 Å². The third-order valence-corrected chi connectivity index (χ3v) is 5.27. The van der Waals surface area contributed by atoms with Gasteiger partial charge < -0.3 is 24.6 Å². The predicted molar refractivity (Wildman–Crippen MR) is 117 cm³/mol. The Labute approximate surface area is 183 Å². The number of fused-ring (bicyclic) bond motifs is 3. The molecule has 0 amide bonds. The van der Waals surface area contributed by atoms with Crippen LogP contribution in [0, 0.1) is 11.8 Å².